The van der Waals surface area contributed by atoms with E-state index in [1.807, 2.05) is 13.8 Å². The lowest BCUT2D eigenvalue weighted by Crippen LogP contribution is -2.25. The number of ether oxygens (including phenoxy) is 2. The summed E-state index contributed by atoms with van der Waals surface area (Å²) in [4.78, 5) is 16.1. The van der Waals surface area contributed by atoms with E-state index in [-0.39, 0.29) is 22.2 Å². The molecule has 10 heteroatoms. The molecule has 5 nitrogen and oxygen atoms in total. The van der Waals surface area contributed by atoms with Gasteiger partial charge in [0.1, 0.15) is 23.0 Å². The molecule has 2 aromatic carbocycles. The number of pyridine rings is 1. The molecule has 0 radical (unpaired) electrons. The number of aromatic nitrogens is 1. The maximum absolute atomic E-state index is 13.7. The molecule has 31 heavy (non-hydrogen) atoms. The Morgan fingerprint density at radius 1 is 1.03 bits per heavy atom. The quantitative estimate of drug-likeness (QED) is 0.473. The minimum Gasteiger partial charge on any atom is -0.395 e. The first-order valence-corrected chi connectivity index (χ1v) is 9.42. The zero-order valence-electron chi connectivity index (χ0n) is 16.2. The monoisotopic (exact) mass is 454 g/mol. The van der Waals surface area contributed by atoms with Gasteiger partial charge >= 0.3 is 6.29 Å². The third-order valence-corrected chi connectivity index (χ3v) is 4.31. The van der Waals surface area contributed by atoms with Crippen LogP contribution in [-0.2, 0) is 0 Å². The molecule has 0 aliphatic carbocycles. The van der Waals surface area contributed by atoms with E-state index in [1.54, 1.807) is 0 Å². The van der Waals surface area contributed by atoms with Gasteiger partial charge in [-0.25, -0.2) is 8.78 Å². The first kappa shape index (κ1) is 22.4. The highest BCUT2D eigenvalue weighted by atomic mass is 35.5. The molecule has 1 amide bonds. The molecule has 1 aliphatic rings. The molecule has 0 saturated heterocycles. The zero-order chi connectivity index (χ0) is 22.8. The first-order valence-electron chi connectivity index (χ1n) is 9.05. The number of anilines is 1. The molecule has 0 atom stereocenters. The van der Waals surface area contributed by atoms with Gasteiger partial charge in [0, 0.05) is 23.4 Å². The van der Waals surface area contributed by atoms with Crippen LogP contribution in [0.5, 0.6) is 11.5 Å². The molecular weight excluding hydrogens is 440 g/mol. The summed E-state index contributed by atoms with van der Waals surface area (Å²) in [5.41, 5.74) is -0.0144. The minimum absolute atomic E-state index is 0.0949. The number of para-hydroxylation sites is 1. The van der Waals surface area contributed by atoms with Crippen LogP contribution in [0.15, 0.2) is 48.7 Å². The number of alkyl halides is 2. The molecule has 0 spiro atoms. The lowest BCUT2D eigenvalue weighted by molar-refractivity contribution is -0.286. The normalized spacial score (nSPS) is 13.3. The van der Waals surface area contributed by atoms with Crippen molar-refractivity contribution in [2.24, 2.45) is 0 Å². The van der Waals surface area contributed by atoms with Gasteiger partial charge in [-0.2, -0.15) is 0 Å². The first-order chi connectivity index (χ1) is 14.7. The number of fused-ring (bicyclic) bond motifs is 1. The van der Waals surface area contributed by atoms with Crippen molar-refractivity contribution in [3.63, 3.8) is 0 Å². The Kier molecular flexibility index (Phi) is 6.35. The second-order valence-corrected chi connectivity index (χ2v) is 6.34. The maximum Gasteiger partial charge on any atom is 0.586 e. The van der Waals surface area contributed by atoms with Gasteiger partial charge in [0.15, 0.2) is 11.5 Å². The third kappa shape index (κ3) is 4.72. The number of halogens is 5. The summed E-state index contributed by atoms with van der Waals surface area (Å²) in [6.07, 6.45) is -2.53. The number of carbonyl (C=O) groups is 1. The van der Waals surface area contributed by atoms with E-state index in [0.717, 1.165) is 12.1 Å². The topological polar surface area (TPSA) is 60.5 Å². The highest BCUT2D eigenvalue weighted by Crippen LogP contribution is 2.45. The Balaban J connectivity index is 0.00000132. The van der Waals surface area contributed by atoms with Crippen LogP contribution < -0.4 is 14.8 Å². The molecule has 0 saturated carbocycles. The Labute approximate surface area is 179 Å². The van der Waals surface area contributed by atoms with Crippen LogP contribution in [0.4, 0.5) is 23.2 Å². The Morgan fingerprint density at radius 3 is 2.23 bits per heavy atom. The molecule has 162 valence electrons. The molecule has 2 heterocycles. The zero-order valence-corrected chi connectivity index (χ0v) is 16.9. The summed E-state index contributed by atoms with van der Waals surface area (Å²) >= 11 is 6.11. The van der Waals surface area contributed by atoms with Crippen molar-refractivity contribution in [2.45, 2.75) is 20.1 Å². The average Bonchev–Trinajstić information content (AvgIpc) is 3.04. The van der Waals surface area contributed by atoms with Crippen molar-refractivity contribution in [3.05, 3.63) is 71.0 Å². The number of carbonyl (C=O) groups excluding carboxylic acids is 1. The van der Waals surface area contributed by atoms with E-state index in [0.29, 0.717) is 11.1 Å². The van der Waals surface area contributed by atoms with Crippen molar-refractivity contribution in [1.29, 1.82) is 0 Å². The highest BCUT2D eigenvalue weighted by molar-refractivity contribution is 6.33. The van der Waals surface area contributed by atoms with Gasteiger partial charge in [-0.1, -0.05) is 37.6 Å². The van der Waals surface area contributed by atoms with Crippen LogP contribution in [0.3, 0.4) is 0 Å². The smallest absolute Gasteiger partial charge is 0.395 e. The summed E-state index contributed by atoms with van der Waals surface area (Å²) in [5.74, 6) is -3.11. The number of benzene rings is 2. The predicted molar refractivity (Wildman–Crippen MR) is 107 cm³/mol. The number of hydrogen-bond donors (Lipinski definition) is 1. The number of hydrogen-bond acceptors (Lipinski definition) is 4. The van der Waals surface area contributed by atoms with Crippen molar-refractivity contribution < 1.29 is 31.8 Å². The maximum atomic E-state index is 13.7. The Bertz CT molecular complexity index is 1100. The van der Waals surface area contributed by atoms with Crippen LogP contribution in [-0.4, -0.2) is 17.2 Å². The third-order valence-electron chi connectivity index (χ3n) is 4.00. The highest BCUT2D eigenvalue weighted by Gasteiger charge is 2.43. The van der Waals surface area contributed by atoms with Crippen molar-refractivity contribution >= 4 is 23.2 Å². The Hall–Kier alpha value is -3.33. The minimum atomic E-state index is -3.79. The summed E-state index contributed by atoms with van der Waals surface area (Å²) in [5, 5.41) is 2.21. The van der Waals surface area contributed by atoms with Crippen molar-refractivity contribution in [3.8, 4) is 22.6 Å². The van der Waals surface area contributed by atoms with E-state index in [2.05, 4.69) is 19.8 Å². The van der Waals surface area contributed by atoms with Crippen molar-refractivity contribution in [1.82, 2.24) is 4.98 Å². The fourth-order valence-electron chi connectivity index (χ4n) is 2.68. The van der Waals surface area contributed by atoms with Crippen LogP contribution in [0.25, 0.3) is 11.1 Å². The summed E-state index contributed by atoms with van der Waals surface area (Å²) < 4.78 is 62.4. The Morgan fingerprint density at radius 2 is 1.65 bits per heavy atom. The van der Waals surface area contributed by atoms with Gasteiger partial charge in [-0.15, -0.1) is 8.78 Å². The predicted octanol–water partition coefficient (Wildman–Crippen LogP) is 6.28. The fourth-order valence-corrected chi connectivity index (χ4v) is 2.94. The molecule has 0 fully saturated rings. The van der Waals surface area contributed by atoms with E-state index >= 15 is 0 Å². The molecule has 0 bridgehead atoms. The molecule has 1 N–H and O–H groups in total. The van der Waals surface area contributed by atoms with Gasteiger partial charge in [0.05, 0.1) is 5.02 Å². The van der Waals surface area contributed by atoms with Crippen molar-refractivity contribution in [2.75, 3.05) is 5.32 Å². The lowest BCUT2D eigenvalue weighted by Gasteiger charge is -2.09. The second-order valence-electron chi connectivity index (χ2n) is 5.93. The van der Waals surface area contributed by atoms with Crippen LogP contribution in [0.1, 0.15) is 24.3 Å². The molecule has 4 rings (SSSR count). The molecule has 1 aromatic heterocycles. The summed E-state index contributed by atoms with van der Waals surface area (Å²) in [6.45, 7) is 4.00. The molecule has 1 aliphatic heterocycles. The number of nitrogens with zero attached hydrogens (tertiary/aromatic N) is 1. The number of nitrogens with one attached hydrogen (secondary N) is 1. The van der Waals surface area contributed by atoms with E-state index in [9.17, 15) is 22.4 Å². The fraction of sp³-hybridized carbons (Fsp3) is 0.143. The van der Waals surface area contributed by atoms with Gasteiger partial charge in [-0.05, 0) is 24.3 Å². The standard InChI is InChI=1S/C19H9ClF4N2O3.C2H6/c20-11-7-16-15(28-19(23,24)29-16)6-10(11)9-4-5-14(25-8-9)18(27)26-17-12(21)2-1-3-13(17)22;1-2/h1-8H,(H,26,27);1-2H3. The van der Waals surface area contributed by atoms with E-state index < -0.39 is 29.5 Å². The summed E-state index contributed by atoms with van der Waals surface area (Å²) in [6, 6.07) is 8.33. The average molecular weight is 455 g/mol. The van der Waals surface area contributed by atoms with Gasteiger partial charge < -0.3 is 14.8 Å². The largest absolute Gasteiger partial charge is 0.586 e. The van der Waals surface area contributed by atoms with Crippen LogP contribution in [0, 0.1) is 11.6 Å². The van der Waals surface area contributed by atoms with Crippen LogP contribution >= 0.6 is 11.6 Å². The van der Waals surface area contributed by atoms with E-state index in [4.69, 9.17) is 11.6 Å². The number of amides is 1. The van der Waals surface area contributed by atoms with Crippen LogP contribution in [0.2, 0.25) is 5.02 Å². The van der Waals surface area contributed by atoms with Gasteiger partial charge in [-0.3, -0.25) is 9.78 Å². The molecular formula is C21H15ClF4N2O3. The lowest BCUT2D eigenvalue weighted by atomic mass is 10.1. The molecule has 0 unspecified atom stereocenters. The second kappa shape index (κ2) is 8.81. The van der Waals surface area contributed by atoms with Gasteiger partial charge in [0.2, 0.25) is 0 Å². The molecule has 3 aromatic rings. The van der Waals surface area contributed by atoms with E-state index in [1.165, 1.54) is 36.5 Å². The number of rotatable bonds is 3. The summed E-state index contributed by atoms with van der Waals surface area (Å²) in [7, 11) is 0. The SMILES string of the molecule is CC.O=C(Nc1c(F)cccc1F)c1ccc(-c2cc3c(cc2Cl)OC(F)(F)O3)cn1. The van der Waals surface area contributed by atoms with Gasteiger partial charge in [0.25, 0.3) is 5.91 Å².